The maximum Gasteiger partial charge on any atom is 0.417 e. The molecule has 1 heterocycles. The van der Waals surface area contributed by atoms with E-state index < -0.39 is 17.2 Å². The summed E-state index contributed by atoms with van der Waals surface area (Å²) in [6, 6.07) is 0. The number of thioether (sulfide) groups is 1. The topological polar surface area (TPSA) is 20.2 Å². The Morgan fingerprint density at radius 3 is 2.40 bits per heavy atom. The highest BCUT2D eigenvalue weighted by Crippen LogP contribution is 2.72. The molecule has 5 heteroatoms. The molecular formula is C20H29F3OS. The van der Waals surface area contributed by atoms with E-state index in [1.165, 1.54) is 19.3 Å². The Balaban J connectivity index is 1.47. The first kappa shape index (κ1) is 17.2. The molecule has 1 N–H and O–H groups in total. The molecule has 0 aromatic heterocycles. The van der Waals surface area contributed by atoms with Gasteiger partial charge in [-0.15, -0.1) is 0 Å². The highest BCUT2D eigenvalue weighted by Gasteiger charge is 2.73. The molecule has 1 saturated heterocycles. The summed E-state index contributed by atoms with van der Waals surface area (Å²) in [6.07, 6.45) is 2.26. The largest absolute Gasteiger partial charge is 0.417 e. The van der Waals surface area contributed by atoms with Gasteiger partial charge < -0.3 is 5.11 Å². The van der Waals surface area contributed by atoms with E-state index in [1.807, 2.05) is 0 Å². The fourth-order valence-electron chi connectivity index (χ4n) is 8.00. The first-order valence-corrected chi connectivity index (χ1v) is 11.0. The normalized spacial score (nSPS) is 60.2. The summed E-state index contributed by atoms with van der Waals surface area (Å²) in [5, 5.41) is 12.4. The summed E-state index contributed by atoms with van der Waals surface area (Å²) in [5.74, 6) is 1.77. The third-order valence-electron chi connectivity index (χ3n) is 9.53. The van der Waals surface area contributed by atoms with Crippen molar-refractivity contribution in [2.24, 2.45) is 34.5 Å². The van der Waals surface area contributed by atoms with Gasteiger partial charge in [-0.05, 0) is 80.5 Å². The molecule has 4 saturated carbocycles. The van der Waals surface area contributed by atoms with Crippen LogP contribution in [-0.2, 0) is 0 Å². The maximum absolute atomic E-state index is 13.7. The van der Waals surface area contributed by atoms with E-state index >= 15 is 0 Å². The van der Waals surface area contributed by atoms with Crippen LogP contribution in [0.3, 0.4) is 0 Å². The van der Waals surface area contributed by atoms with Crippen LogP contribution in [0.2, 0.25) is 0 Å². The zero-order valence-corrected chi connectivity index (χ0v) is 15.9. The molecule has 0 aromatic rings. The lowest BCUT2D eigenvalue weighted by molar-refractivity contribution is -0.304. The Morgan fingerprint density at radius 2 is 1.68 bits per heavy atom. The second-order valence-corrected chi connectivity index (χ2v) is 11.6. The van der Waals surface area contributed by atoms with Crippen LogP contribution in [0.5, 0.6) is 0 Å². The molecular weight excluding hydrogens is 345 g/mol. The van der Waals surface area contributed by atoms with Gasteiger partial charge in [-0.25, -0.2) is 0 Å². The number of fused-ring (bicyclic) bond motifs is 6. The van der Waals surface area contributed by atoms with E-state index in [0.29, 0.717) is 30.1 Å². The van der Waals surface area contributed by atoms with Crippen LogP contribution in [0, 0.1) is 34.5 Å². The van der Waals surface area contributed by atoms with Gasteiger partial charge >= 0.3 is 6.18 Å². The van der Waals surface area contributed by atoms with Crippen LogP contribution < -0.4 is 0 Å². The molecule has 0 bridgehead atoms. The summed E-state index contributed by atoms with van der Waals surface area (Å²) in [4.78, 5) is 0. The third kappa shape index (κ3) is 2.03. The van der Waals surface area contributed by atoms with Crippen molar-refractivity contribution in [1.29, 1.82) is 0 Å². The van der Waals surface area contributed by atoms with Gasteiger partial charge in [-0.3, -0.25) is 0 Å². The molecule has 5 fully saturated rings. The Kier molecular flexibility index (Phi) is 3.39. The van der Waals surface area contributed by atoms with Crippen LogP contribution in [-0.4, -0.2) is 27.4 Å². The minimum atomic E-state index is -4.51. The van der Waals surface area contributed by atoms with Crippen molar-refractivity contribution in [2.45, 2.75) is 87.5 Å². The number of alkyl halides is 3. The van der Waals surface area contributed by atoms with E-state index in [0.717, 1.165) is 29.3 Å². The lowest BCUT2D eigenvalue weighted by atomic mass is 9.44. The molecule has 0 radical (unpaired) electrons. The van der Waals surface area contributed by atoms with Crippen molar-refractivity contribution in [1.82, 2.24) is 0 Å². The molecule has 1 nitrogen and oxygen atoms in total. The molecule has 0 aromatic carbocycles. The lowest BCUT2D eigenvalue weighted by Gasteiger charge is -2.61. The zero-order chi connectivity index (χ0) is 17.8. The molecule has 4 aliphatic carbocycles. The Morgan fingerprint density at radius 1 is 0.960 bits per heavy atom. The summed E-state index contributed by atoms with van der Waals surface area (Å²) in [5.41, 5.74) is -3.13. The Hall–Kier alpha value is 0.100. The van der Waals surface area contributed by atoms with Gasteiger partial charge in [0.05, 0.1) is 0 Å². The lowest BCUT2D eigenvalue weighted by Crippen LogP contribution is -2.60. The fraction of sp³-hybridized carbons (Fsp3) is 1.00. The highest BCUT2D eigenvalue weighted by molar-refractivity contribution is 8.07. The number of hydrogen-bond acceptors (Lipinski definition) is 2. The van der Waals surface area contributed by atoms with Gasteiger partial charge in [-0.2, -0.15) is 24.9 Å². The van der Waals surface area contributed by atoms with Gasteiger partial charge in [0, 0.05) is 15.9 Å². The first-order valence-electron chi connectivity index (χ1n) is 10.0. The number of hydrogen-bond donors (Lipinski definition) is 1. The van der Waals surface area contributed by atoms with Crippen molar-refractivity contribution >= 4 is 11.8 Å². The van der Waals surface area contributed by atoms with Crippen LogP contribution in [0.15, 0.2) is 0 Å². The van der Waals surface area contributed by atoms with Gasteiger partial charge in [0.25, 0.3) is 0 Å². The van der Waals surface area contributed by atoms with Crippen LogP contribution >= 0.6 is 11.8 Å². The van der Waals surface area contributed by atoms with Crippen molar-refractivity contribution in [3.63, 3.8) is 0 Å². The van der Waals surface area contributed by atoms with E-state index in [4.69, 9.17) is 0 Å². The second-order valence-electron chi connectivity index (χ2n) is 10.2. The smallest absolute Gasteiger partial charge is 0.380 e. The molecule has 142 valence electrons. The first-order chi connectivity index (χ1) is 11.6. The molecule has 0 amide bonds. The average Bonchev–Trinajstić information content (AvgIpc) is 3.19. The van der Waals surface area contributed by atoms with Gasteiger partial charge in [0.1, 0.15) is 0 Å². The highest BCUT2D eigenvalue weighted by atomic mass is 32.2. The third-order valence-corrected chi connectivity index (χ3v) is 10.9. The van der Waals surface area contributed by atoms with Gasteiger partial charge in [0.2, 0.25) is 0 Å². The predicted octanol–water partition coefficient (Wildman–Crippen LogP) is 5.42. The fourth-order valence-corrected chi connectivity index (χ4v) is 9.37. The van der Waals surface area contributed by atoms with Crippen LogP contribution in [0.1, 0.15) is 65.2 Å². The molecule has 25 heavy (non-hydrogen) atoms. The monoisotopic (exact) mass is 374 g/mol. The second kappa shape index (κ2) is 4.92. The maximum atomic E-state index is 13.7. The summed E-state index contributed by atoms with van der Waals surface area (Å²) in [6.45, 7) is 4.20. The Bertz CT molecular complexity index is 594. The minimum Gasteiger partial charge on any atom is -0.380 e. The van der Waals surface area contributed by atoms with Crippen LogP contribution in [0.25, 0.3) is 0 Å². The van der Waals surface area contributed by atoms with Gasteiger partial charge in [-0.1, -0.05) is 13.8 Å². The predicted molar refractivity (Wildman–Crippen MR) is 93.3 cm³/mol. The van der Waals surface area contributed by atoms with E-state index in [1.54, 1.807) is 6.92 Å². The Labute approximate surface area is 152 Å². The van der Waals surface area contributed by atoms with Crippen molar-refractivity contribution in [3.8, 4) is 0 Å². The zero-order valence-electron chi connectivity index (χ0n) is 15.1. The van der Waals surface area contributed by atoms with Crippen molar-refractivity contribution < 1.29 is 18.3 Å². The number of aliphatic hydroxyl groups is 1. The molecule has 9 atom stereocenters. The molecule has 5 aliphatic rings. The molecule has 4 unspecified atom stereocenters. The SMILES string of the molecule is C[C@]12CC3SC3CC1CC[C@@H]1[C@H]2CC[C@@]2(C)[C@H]1CCC2(O)C(F)(F)F. The summed E-state index contributed by atoms with van der Waals surface area (Å²) < 4.78 is 41.2. The average molecular weight is 375 g/mol. The minimum absolute atomic E-state index is 0.0419. The molecule has 5 rings (SSSR count). The summed E-state index contributed by atoms with van der Waals surface area (Å²) in [7, 11) is 0. The van der Waals surface area contributed by atoms with Crippen LogP contribution in [0.4, 0.5) is 13.2 Å². The van der Waals surface area contributed by atoms with Gasteiger partial charge in [0.15, 0.2) is 5.60 Å². The van der Waals surface area contributed by atoms with E-state index in [9.17, 15) is 18.3 Å². The number of rotatable bonds is 0. The summed E-state index contributed by atoms with van der Waals surface area (Å²) >= 11 is 2.14. The molecule has 1 aliphatic heterocycles. The van der Waals surface area contributed by atoms with Crippen molar-refractivity contribution in [3.05, 3.63) is 0 Å². The standard InChI is InChI=1S/C20H29F3OS/c1-17-10-16-15(25-16)9-11(17)3-4-12-13(17)5-7-18(2)14(12)6-8-19(18,24)20(21,22)23/h11-16,24H,3-10H2,1-2H3/t11?,12-,13-,14+,15?,16?,17+,18+,19?/m1/s1. The molecule has 0 spiro atoms. The quantitative estimate of drug-likeness (QED) is 0.572. The van der Waals surface area contributed by atoms with Crippen molar-refractivity contribution in [2.75, 3.05) is 0 Å². The number of halogens is 3. The van der Waals surface area contributed by atoms with E-state index in [2.05, 4.69) is 18.7 Å². The van der Waals surface area contributed by atoms with E-state index in [-0.39, 0.29) is 12.3 Å².